The molecular weight excluding hydrogens is 217 g/mol. The SMILES string of the molecule is O/C(=C\C(O)c1cccs1)C(F)(F)F. The number of hydrogen-bond acceptors (Lipinski definition) is 3. The highest BCUT2D eigenvalue weighted by Crippen LogP contribution is 2.27. The normalized spacial score (nSPS) is 15.6. The van der Waals surface area contributed by atoms with E-state index in [0.29, 0.717) is 11.0 Å². The zero-order valence-electron chi connectivity index (χ0n) is 6.82. The van der Waals surface area contributed by atoms with Gasteiger partial charge in [-0.05, 0) is 17.5 Å². The number of hydrogen-bond donors (Lipinski definition) is 2. The molecule has 1 unspecified atom stereocenters. The molecule has 0 aliphatic carbocycles. The molecule has 0 aromatic carbocycles. The molecule has 14 heavy (non-hydrogen) atoms. The van der Waals surface area contributed by atoms with Crippen LogP contribution >= 0.6 is 11.3 Å². The molecule has 2 nitrogen and oxygen atoms in total. The molecule has 78 valence electrons. The Labute approximate surface area is 81.9 Å². The van der Waals surface area contributed by atoms with Crippen LogP contribution in [0.5, 0.6) is 0 Å². The minimum absolute atomic E-state index is 0.348. The second kappa shape index (κ2) is 4.02. The van der Waals surface area contributed by atoms with Gasteiger partial charge in [0.15, 0.2) is 5.76 Å². The average Bonchev–Trinajstić information content (AvgIpc) is 2.53. The lowest BCUT2D eigenvalue weighted by Crippen LogP contribution is -2.12. The van der Waals surface area contributed by atoms with E-state index in [2.05, 4.69) is 0 Å². The zero-order valence-corrected chi connectivity index (χ0v) is 7.64. The lowest BCUT2D eigenvalue weighted by molar-refractivity contribution is -0.121. The van der Waals surface area contributed by atoms with Gasteiger partial charge in [-0.25, -0.2) is 0 Å². The zero-order chi connectivity index (χ0) is 10.8. The van der Waals surface area contributed by atoms with E-state index < -0.39 is 18.0 Å². The van der Waals surface area contributed by atoms with E-state index in [9.17, 15) is 18.3 Å². The third-order valence-corrected chi connectivity index (χ3v) is 2.38. The summed E-state index contributed by atoms with van der Waals surface area (Å²) in [5.41, 5.74) is 0. The Morgan fingerprint density at radius 3 is 2.57 bits per heavy atom. The van der Waals surface area contributed by atoms with Crippen LogP contribution in [-0.4, -0.2) is 16.4 Å². The summed E-state index contributed by atoms with van der Waals surface area (Å²) in [4.78, 5) is 0.348. The highest BCUT2D eigenvalue weighted by Gasteiger charge is 2.34. The summed E-state index contributed by atoms with van der Waals surface area (Å²) >= 11 is 1.11. The smallest absolute Gasteiger partial charge is 0.448 e. The summed E-state index contributed by atoms with van der Waals surface area (Å²) in [6.07, 6.45) is -5.86. The van der Waals surface area contributed by atoms with Gasteiger partial charge >= 0.3 is 6.18 Å². The lowest BCUT2D eigenvalue weighted by atomic mass is 10.2. The van der Waals surface area contributed by atoms with Crippen LogP contribution in [0.3, 0.4) is 0 Å². The topological polar surface area (TPSA) is 40.5 Å². The van der Waals surface area contributed by atoms with Gasteiger partial charge in [-0.2, -0.15) is 13.2 Å². The largest absolute Gasteiger partial charge is 0.504 e. The van der Waals surface area contributed by atoms with E-state index in [1.165, 1.54) is 6.07 Å². The molecule has 0 spiro atoms. The van der Waals surface area contributed by atoms with Crippen molar-refractivity contribution >= 4 is 11.3 Å². The molecule has 1 atom stereocenters. The van der Waals surface area contributed by atoms with Crippen molar-refractivity contribution in [1.29, 1.82) is 0 Å². The van der Waals surface area contributed by atoms with Gasteiger partial charge in [-0.1, -0.05) is 6.07 Å². The fraction of sp³-hybridized carbons (Fsp3) is 0.250. The second-order valence-electron chi connectivity index (χ2n) is 2.51. The Hall–Kier alpha value is -1.01. The Morgan fingerprint density at radius 2 is 2.14 bits per heavy atom. The van der Waals surface area contributed by atoms with E-state index >= 15 is 0 Å². The van der Waals surface area contributed by atoms with Crippen LogP contribution in [0.25, 0.3) is 0 Å². The van der Waals surface area contributed by atoms with Gasteiger partial charge in [0.05, 0.1) is 0 Å². The van der Waals surface area contributed by atoms with Crippen molar-refractivity contribution in [3.8, 4) is 0 Å². The third-order valence-electron chi connectivity index (χ3n) is 1.44. The van der Waals surface area contributed by atoms with Gasteiger partial charge in [0.2, 0.25) is 0 Å². The Kier molecular flexibility index (Phi) is 3.17. The standard InChI is InChI=1S/C8H7F3O2S/c9-8(10,11)7(13)4-5(12)6-2-1-3-14-6/h1-5,12-13H/b7-4-. The van der Waals surface area contributed by atoms with Gasteiger partial charge in [-0.3, -0.25) is 0 Å². The summed E-state index contributed by atoms with van der Waals surface area (Å²) in [6.45, 7) is 0. The summed E-state index contributed by atoms with van der Waals surface area (Å²) in [5, 5.41) is 19.4. The predicted octanol–water partition coefficient (Wildman–Crippen LogP) is 2.79. The van der Waals surface area contributed by atoms with Gasteiger partial charge in [0.1, 0.15) is 6.10 Å². The van der Waals surface area contributed by atoms with E-state index in [-0.39, 0.29) is 0 Å². The minimum Gasteiger partial charge on any atom is -0.504 e. The fourth-order valence-electron chi connectivity index (χ4n) is 0.786. The number of rotatable bonds is 2. The third kappa shape index (κ3) is 2.74. The second-order valence-corrected chi connectivity index (χ2v) is 3.49. The molecule has 1 aromatic heterocycles. The first-order valence-electron chi connectivity index (χ1n) is 3.60. The number of halogens is 3. The molecule has 0 aliphatic heterocycles. The average molecular weight is 224 g/mol. The predicted molar refractivity (Wildman–Crippen MR) is 46.0 cm³/mol. The van der Waals surface area contributed by atoms with Crippen molar-refractivity contribution in [1.82, 2.24) is 0 Å². The Balaban J connectivity index is 2.78. The molecular formula is C8H7F3O2S. The van der Waals surface area contributed by atoms with Crippen LogP contribution in [0, 0.1) is 0 Å². The maximum Gasteiger partial charge on any atom is 0.448 e. The van der Waals surface area contributed by atoms with Crippen molar-refractivity contribution in [3.63, 3.8) is 0 Å². The molecule has 6 heteroatoms. The lowest BCUT2D eigenvalue weighted by Gasteiger charge is -2.07. The van der Waals surface area contributed by atoms with Crippen LogP contribution < -0.4 is 0 Å². The van der Waals surface area contributed by atoms with Crippen molar-refractivity contribution < 1.29 is 23.4 Å². The highest BCUT2D eigenvalue weighted by molar-refractivity contribution is 7.10. The molecule has 0 aliphatic rings. The number of aliphatic hydroxyl groups excluding tert-OH is 2. The van der Waals surface area contributed by atoms with Gasteiger partial charge in [-0.15, -0.1) is 11.3 Å². The first kappa shape index (κ1) is 11.1. The molecule has 1 aromatic rings. The first-order valence-corrected chi connectivity index (χ1v) is 4.48. The van der Waals surface area contributed by atoms with E-state index in [4.69, 9.17) is 5.11 Å². The quantitative estimate of drug-likeness (QED) is 0.758. The molecule has 0 amide bonds. The summed E-state index contributed by atoms with van der Waals surface area (Å²) in [5.74, 6) is -1.78. The van der Waals surface area contributed by atoms with Crippen LogP contribution in [0.1, 0.15) is 11.0 Å². The van der Waals surface area contributed by atoms with Crippen LogP contribution in [0.4, 0.5) is 13.2 Å². The van der Waals surface area contributed by atoms with Crippen molar-refractivity contribution in [3.05, 3.63) is 34.2 Å². The Bertz CT molecular complexity index is 316. The number of aliphatic hydroxyl groups is 2. The highest BCUT2D eigenvalue weighted by atomic mass is 32.1. The van der Waals surface area contributed by atoms with Gasteiger partial charge in [0.25, 0.3) is 0 Å². The summed E-state index contributed by atoms with van der Waals surface area (Å²) < 4.78 is 35.5. The number of thiophene rings is 1. The van der Waals surface area contributed by atoms with Crippen LogP contribution in [0.15, 0.2) is 29.3 Å². The number of alkyl halides is 3. The molecule has 0 radical (unpaired) electrons. The number of allylic oxidation sites excluding steroid dienone is 1. The van der Waals surface area contributed by atoms with Gasteiger partial charge < -0.3 is 10.2 Å². The van der Waals surface area contributed by atoms with Crippen molar-refractivity contribution in [2.24, 2.45) is 0 Å². The van der Waals surface area contributed by atoms with E-state index in [1.807, 2.05) is 0 Å². The van der Waals surface area contributed by atoms with Crippen molar-refractivity contribution in [2.75, 3.05) is 0 Å². The molecule has 0 saturated carbocycles. The molecule has 0 fully saturated rings. The van der Waals surface area contributed by atoms with Crippen molar-refractivity contribution in [2.45, 2.75) is 12.3 Å². The Morgan fingerprint density at radius 1 is 1.50 bits per heavy atom. The molecule has 1 heterocycles. The molecule has 0 saturated heterocycles. The van der Waals surface area contributed by atoms with Gasteiger partial charge in [0, 0.05) is 4.88 Å². The fourth-order valence-corrected chi connectivity index (χ4v) is 1.46. The maximum absolute atomic E-state index is 11.8. The van der Waals surface area contributed by atoms with E-state index in [1.54, 1.807) is 11.4 Å². The molecule has 0 bridgehead atoms. The maximum atomic E-state index is 11.8. The monoisotopic (exact) mass is 224 g/mol. The summed E-state index contributed by atoms with van der Waals surface area (Å²) in [7, 11) is 0. The minimum atomic E-state index is -4.81. The van der Waals surface area contributed by atoms with Crippen LogP contribution in [0.2, 0.25) is 0 Å². The summed E-state index contributed by atoms with van der Waals surface area (Å²) in [6, 6.07) is 3.08. The van der Waals surface area contributed by atoms with E-state index in [0.717, 1.165) is 11.3 Å². The molecule has 2 N–H and O–H groups in total. The first-order chi connectivity index (χ1) is 6.41. The van der Waals surface area contributed by atoms with Crippen LogP contribution in [-0.2, 0) is 0 Å². The molecule has 1 rings (SSSR count).